The highest BCUT2D eigenvalue weighted by Crippen LogP contribution is 2.27. The van der Waals surface area contributed by atoms with E-state index in [1.54, 1.807) is 31.2 Å². The lowest BCUT2D eigenvalue weighted by atomic mass is 10.0. The smallest absolute Gasteiger partial charge is 0.219 e. The van der Waals surface area contributed by atoms with Crippen molar-refractivity contribution in [2.45, 2.75) is 44.0 Å². The number of hydrogen-bond donors (Lipinski definition) is 0. The van der Waals surface area contributed by atoms with Crippen LogP contribution in [0.15, 0.2) is 24.3 Å². The third kappa shape index (κ3) is 4.39. The van der Waals surface area contributed by atoms with Gasteiger partial charge in [0.15, 0.2) is 0 Å². The average Bonchev–Trinajstić information content (AvgIpc) is 3.08. The van der Waals surface area contributed by atoms with Crippen LogP contribution < -0.4 is 0 Å². The Morgan fingerprint density at radius 2 is 1.92 bits per heavy atom. The van der Waals surface area contributed by atoms with Crippen LogP contribution >= 0.6 is 11.6 Å². The van der Waals surface area contributed by atoms with Crippen LogP contribution in [0.4, 0.5) is 0 Å². The fraction of sp³-hybridized carbons (Fsp3) is 0.611. The van der Waals surface area contributed by atoms with E-state index in [0.717, 1.165) is 12.8 Å². The van der Waals surface area contributed by atoms with Gasteiger partial charge < -0.3 is 9.64 Å². The van der Waals surface area contributed by atoms with Crippen LogP contribution in [0.5, 0.6) is 0 Å². The summed E-state index contributed by atoms with van der Waals surface area (Å²) in [6.07, 6.45) is 2.28. The largest absolute Gasteiger partial charge is 0.381 e. The molecule has 0 bridgehead atoms. The number of nitrogens with zero attached hydrogens (tertiary/aromatic N) is 2. The minimum atomic E-state index is -3.47. The van der Waals surface area contributed by atoms with Crippen molar-refractivity contribution in [3.8, 4) is 0 Å². The van der Waals surface area contributed by atoms with Crippen LogP contribution in [0.25, 0.3) is 0 Å². The molecule has 2 aliphatic rings. The Morgan fingerprint density at radius 3 is 2.58 bits per heavy atom. The summed E-state index contributed by atoms with van der Waals surface area (Å²) in [6.45, 7) is 3.65. The summed E-state index contributed by atoms with van der Waals surface area (Å²) in [5, 5.41) is 0.458. The molecule has 1 aromatic rings. The van der Waals surface area contributed by atoms with Crippen LogP contribution in [0.2, 0.25) is 5.02 Å². The first-order valence-electron chi connectivity index (χ1n) is 8.96. The van der Waals surface area contributed by atoms with Crippen molar-refractivity contribution in [2.24, 2.45) is 0 Å². The Kier molecular flexibility index (Phi) is 6.22. The molecule has 0 radical (unpaired) electrons. The number of hydrogen-bond acceptors (Lipinski definition) is 4. The van der Waals surface area contributed by atoms with Gasteiger partial charge in [-0.15, -0.1) is 0 Å². The number of carbonyl (C=O) groups is 1. The molecule has 8 heteroatoms. The zero-order valence-corrected chi connectivity index (χ0v) is 16.5. The highest BCUT2D eigenvalue weighted by atomic mass is 35.5. The third-order valence-electron chi connectivity index (χ3n) is 5.16. The Labute approximate surface area is 160 Å². The van der Waals surface area contributed by atoms with E-state index in [-0.39, 0.29) is 23.7 Å². The molecule has 2 saturated heterocycles. The van der Waals surface area contributed by atoms with Gasteiger partial charge in [0.2, 0.25) is 15.9 Å². The van der Waals surface area contributed by atoms with Crippen molar-refractivity contribution >= 4 is 27.5 Å². The van der Waals surface area contributed by atoms with Gasteiger partial charge >= 0.3 is 0 Å². The predicted octanol–water partition coefficient (Wildman–Crippen LogP) is 2.27. The van der Waals surface area contributed by atoms with E-state index in [9.17, 15) is 13.2 Å². The molecule has 6 nitrogen and oxygen atoms in total. The first-order valence-corrected chi connectivity index (χ1v) is 10.9. The van der Waals surface area contributed by atoms with Gasteiger partial charge in [0.1, 0.15) is 0 Å². The molecule has 2 aliphatic heterocycles. The molecule has 0 saturated carbocycles. The van der Waals surface area contributed by atoms with E-state index in [4.69, 9.17) is 16.3 Å². The second kappa shape index (κ2) is 8.25. The molecule has 1 aromatic carbocycles. The molecule has 1 unspecified atom stereocenters. The number of amides is 1. The summed E-state index contributed by atoms with van der Waals surface area (Å²) in [4.78, 5) is 14.1. The number of benzene rings is 1. The van der Waals surface area contributed by atoms with E-state index in [2.05, 4.69) is 0 Å². The maximum Gasteiger partial charge on any atom is 0.219 e. The van der Waals surface area contributed by atoms with Crippen molar-refractivity contribution < 1.29 is 17.9 Å². The fourth-order valence-electron chi connectivity index (χ4n) is 3.87. The van der Waals surface area contributed by atoms with Crippen molar-refractivity contribution in [3.05, 3.63) is 34.9 Å². The molecule has 3 rings (SSSR count). The van der Waals surface area contributed by atoms with E-state index >= 15 is 0 Å². The maximum atomic E-state index is 12.8. The molecule has 26 heavy (non-hydrogen) atoms. The second-order valence-corrected chi connectivity index (χ2v) is 9.29. The van der Waals surface area contributed by atoms with E-state index < -0.39 is 10.0 Å². The van der Waals surface area contributed by atoms with Crippen LogP contribution in [0.3, 0.4) is 0 Å². The molecule has 0 spiro atoms. The van der Waals surface area contributed by atoms with Gasteiger partial charge in [-0.1, -0.05) is 29.8 Å². The molecule has 144 valence electrons. The first-order chi connectivity index (χ1) is 12.4. The lowest BCUT2D eigenvalue weighted by molar-refractivity contribution is -0.135. The second-order valence-electron chi connectivity index (χ2n) is 6.92. The molecular formula is C18H25ClN2O4S. The molecule has 2 fully saturated rings. The standard InChI is InChI=1S/C18H25ClN2O4S/c1-14(22)21(16-7-10-25-11-8-16)17-6-9-20(12-17)26(23,24)13-15-4-2-3-5-18(15)19/h2-5,16-17H,6-13H2,1H3. The van der Waals surface area contributed by atoms with Crippen LogP contribution in [-0.4, -0.2) is 61.9 Å². The van der Waals surface area contributed by atoms with Crippen LogP contribution in [-0.2, 0) is 25.3 Å². The zero-order chi connectivity index (χ0) is 18.7. The molecule has 1 atom stereocenters. The topological polar surface area (TPSA) is 66.9 Å². The Morgan fingerprint density at radius 1 is 1.23 bits per heavy atom. The number of carbonyl (C=O) groups excluding carboxylic acids is 1. The van der Waals surface area contributed by atoms with Crippen LogP contribution in [0, 0.1) is 0 Å². The number of ether oxygens (including phenoxy) is 1. The molecular weight excluding hydrogens is 376 g/mol. The van der Waals surface area contributed by atoms with Crippen molar-refractivity contribution in [3.63, 3.8) is 0 Å². The van der Waals surface area contributed by atoms with Gasteiger partial charge in [-0.3, -0.25) is 4.79 Å². The lowest BCUT2D eigenvalue weighted by Gasteiger charge is -2.37. The van der Waals surface area contributed by atoms with E-state index in [0.29, 0.717) is 43.3 Å². The molecule has 0 aliphatic carbocycles. The minimum absolute atomic E-state index is 0.00671. The van der Waals surface area contributed by atoms with Gasteiger partial charge in [-0.05, 0) is 30.9 Å². The minimum Gasteiger partial charge on any atom is -0.381 e. The summed E-state index contributed by atoms with van der Waals surface area (Å²) >= 11 is 6.11. The predicted molar refractivity (Wildman–Crippen MR) is 100 cm³/mol. The molecule has 2 heterocycles. The Hall–Kier alpha value is -1.15. The fourth-order valence-corrected chi connectivity index (χ4v) is 5.76. The summed E-state index contributed by atoms with van der Waals surface area (Å²) in [7, 11) is -3.47. The average molecular weight is 401 g/mol. The number of rotatable bonds is 5. The quantitative estimate of drug-likeness (QED) is 0.760. The lowest BCUT2D eigenvalue weighted by Crippen LogP contribution is -2.49. The van der Waals surface area contributed by atoms with Crippen molar-refractivity contribution in [1.29, 1.82) is 0 Å². The third-order valence-corrected chi connectivity index (χ3v) is 7.32. The van der Waals surface area contributed by atoms with E-state index in [1.807, 2.05) is 4.90 Å². The Balaban J connectivity index is 1.70. The number of sulfonamides is 1. The highest BCUT2D eigenvalue weighted by Gasteiger charge is 2.38. The van der Waals surface area contributed by atoms with Crippen LogP contribution in [0.1, 0.15) is 31.7 Å². The highest BCUT2D eigenvalue weighted by molar-refractivity contribution is 7.88. The van der Waals surface area contributed by atoms with Crippen molar-refractivity contribution in [1.82, 2.24) is 9.21 Å². The zero-order valence-electron chi connectivity index (χ0n) is 14.9. The van der Waals surface area contributed by atoms with Gasteiger partial charge in [-0.25, -0.2) is 8.42 Å². The molecule has 0 N–H and O–H groups in total. The molecule has 1 amide bonds. The van der Waals surface area contributed by atoms with Gasteiger partial charge in [0, 0.05) is 50.3 Å². The summed E-state index contributed by atoms with van der Waals surface area (Å²) in [6, 6.07) is 7.06. The summed E-state index contributed by atoms with van der Waals surface area (Å²) in [5.41, 5.74) is 0.602. The van der Waals surface area contributed by atoms with Gasteiger partial charge in [-0.2, -0.15) is 4.31 Å². The van der Waals surface area contributed by atoms with E-state index in [1.165, 1.54) is 4.31 Å². The molecule has 0 aromatic heterocycles. The Bertz CT molecular complexity index is 749. The summed E-state index contributed by atoms with van der Waals surface area (Å²) in [5.74, 6) is -0.108. The number of halogens is 1. The van der Waals surface area contributed by atoms with Gasteiger partial charge in [0.25, 0.3) is 0 Å². The maximum absolute atomic E-state index is 12.8. The summed E-state index contributed by atoms with van der Waals surface area (Å²) < 4.78 is 32.5. The normalized spacial score (nSPS) is 22.5. The first kappa shape index (κ1) is 19.6. The SMILES string of the molecule is CC(=O)N(C1CCOCC1)C1CCN(S(=O)(=O)Cc2ccccc2Cl)C1. The monoisotopic (exact) mass is 400 g/mol. The van der Waals surface area contributed by atoms with Crippen molar-refractivity contribution in [2.75, 3.05) is 26.3 Å². The van der Waals surface area contributed by atoms with Gasteiger partial charge in [0.05, 0.1) is 5.75 Å².